The number of hydrogen-bond acceptors (Lipinski definition) is 12. The van der Waals surface area contributed by atoms with Crippen LogP contribution in [0.25, 0.3) is 22.3 Å². The summed E-state index contributed by atoms with van der Waals surface area (Å²) in [6, 6.07) is 35.1. The predicted octanol–water partition coefficient (Wildman–Crippen LogP) is 9.79. The minimum absolute atomic E-state index is 0.00178. The van der Waals surface area contributed by atoms with Gasteiger partial charge >= 0.3 is 18.0 Å². The first-order valence-corrected chi connectivity index (χ1v) is 27.1. The molecule has 5 aromatic carbocycles. The third-order valence-corrected chi connectivity index (χ3v) is 15.2. The molecule has 0 bridgehead atoms. The lowest BCUT2D eigenvalue weighted by molar-refractivity contribution is -0.123. The average Bonchev–Trinajstić information content (AvgIpc) is 4.41. The summed E-state index contributed by atoms with van der Waals surface area (Å²) in [6.45, 7) is 12.1. The van der Waals surface area contributed by atoms with E-state index in [1.54, 1.807) is 38.0 Å². The van der Waals surface area contributed by atoms with Crippen molar-refractivity contribution in [1.29, 1.82) is 0 Å². The van der Waals surface area contributed by atoms with Crippen molar-refractivity contribution >= 4 is 35.7 Å². The number of nitrogens with one attached hydrogen (secondary N) is 4. The Bertz CT molecular complexity index is 3460. The Morgan fingerprint density at radius 1 is 0.650 bits per heavy atom. The Morgan fingerprint density at radius 2 is 1.25 bits per heavy atom. The molecule has 4 atom stereocenters. The van der Waals surface area contributed by atoms with Crippen LogP contribution in [-0.4, -0.2) is 87.8 Å². The van der Waals surface area contributed by atoms with E-state index < -0.39 is 5.97 Å². The topological polar surface area (TPSA) is 223 Å². The van der Waals surface area contributed by atoms with Crippen molar-refractivity contribution < 1.29 is 42.5 Å². The van der Waals surface area contributed by atoms with Gasteiger partial charge in [-0.05, 0) is 152 Å². The number of anilines is 1. The van der Waals surface area contributed by atoms with Crippen molar-refractivity contribution in [3.63, 3.8) is 0 Å². The molecule has 4 unspecified atom stereocenters. The van der Waals surface area contributed by atoms with E-state index in [2.05, 4.69) is 66.9 Å². The molecule has 7 aromatic rings. The average molecular weight is 1080 g/mol. The lowest BCUT2D eigenvalue weighted by Gasteiger charge is -2.34. The zero-order valence-corrected chi connectivity index (χ0v) is 46.2. The quantitative estimate of drug-likeness (QED) is 0.0793. The second-order valence-electron chi connectivity index (χ2n) is 22.0. The Kier molecular flexibility index (Phi) is 15.9. The normalized spacial score (nSPS) is 17.8. The van der Waals surface area contributed by atoms with Crippen LogP contribution in [0.3, 0.4) is 0 Å². The number of nitrogens with zero attached hydrogens (tertiary/aromatic N) is 5. The van der Waals surface area contributed by atoms with Gasteiger partial charge in [-0.25, -0.2) is 14.4 Å². The fourth-order valence-electron chi connectivity index (χ4n) is 10.8. The maximum absolute atomic E-state index is 13.1. The number of rotatable bonds is 13. The van der Waals surface area contributed by atoms with Gasteiger partial charge in [-0.1, -0.05) is 89.2 Å². The molecule has 4 heterocycles. The van der Waals surface area contributed by atoms with Crippen molar-refractivity contribution in [3.05, 3.63) is 171 Å². The Balaban J connectivity index is 0.000000180. The minimum atomic E-state index is -0.394. The Hall–Kier alpha value is -8.80. The van der Waals surface area contributed by atoms with Gasteiger partial charge in [-0.3, -0.25) is 14.9 Å². The maximum atomic E-state index is 13.1. The summed E-state index contributed by atoms with van der Waals surface area (Å²) in [5.74, 6) is 1.86. The lowest BCUT2D eigenvalue weighted by atomic mass is 9.87. The summed E-state index contributed by atoms with van der Waals surface area (Å²) in [5.41, 5.74) is 12.4. The molecule has 4 N–H and O–H groups in total. The second kappa shape index (κ2) is 23.3. The van der Waals surface area contributed by atoms with Crippen LogP contribution in [0.2, 0.25) is 0 Å². The van der Waals surface area contributed by atoms with Gasteiger partial charge in [0.25, 0.3) is 0 Å². The molecule has 80 heavy (non-hydrogen) atoms. The number of carbonyl (C=O) groups excluding carboxylic acids is 5. The number of ether oxygens (including phenoxy) is 2. The summed E-state index contributed by atoms with van der Waals surface area (Å²) in [4.78, 5) is 72.2. The molecule has 18 heteroatoms. The third-order valence-electron chi connectivity index (χ3n) is 15.2. The van der Waals surface area contributed by atoms with Crippen molar-refractivity contribution in [3.8, 4) is 28.0 Å². The monoisotopic (exact) mass is 1080 g/mol. The fourth-order valence-corrected chi connectivity index (χ4v) is 10.8. The van der Waals surface area contributed by atoms with E-state index in [0.29, 0.717) is 87.4 Å². The summed E-state index contributed by atoms with van der Waals surface area (Å²) in [5, 5.41) is 19.8. The summed E-state index contributed by atoms with van der Waals surface area (Å²) in [6.07, 6.45) is 2.89. The van der Waals surface area contributed by atoms with E-state index >= 15 is 0 Å². The molecule has 0 spiro atoms. The van der Waals surface area contributed by atoms with Crippen molar-refractivity contribution in [2.24, 2.45) is 11.8 Å². The standard InChI is InChI=1S/C32H32N4O4.C30H35N5O5/c1-20-15-30(40-35-20)34-32(38)36-14-13-26-25(22-9-6-10-24(16-22)39-2)12-11-23(29(26)19-36)18-33-31(37)28-17-27(28)21-7-4-3-5-8-21;1-17-32-27(40-34-17)24-14-23(24)26(36)31-15-20-9-10-21(18-7-6-8-19(13-18)28(37)39-5)22-11-12-35(16-25(20)22)29(38)33-30(2,3)4/h3-12,15-16,27-28H,13-14,17-19H2,1-2H3,(H,33,37)(H,34,38);6-10,13,23-24H,11-12,14-16H2,1-5H3,(H,31,36)(H,33,38). The molecule has 2 aliphatic heterocycles. The number of aryl methyl sites for hydroxylation is 2. The van der Waals surface area contributed by atoms with Gasteiger partial charge in [0.2, 0.25) is 23.6 Å². The Morgan fingerprint density at radius 3 is 1.82 bits per heavy atom. The lowest BCUT2D eigenvalue weighted by Crippen LogP contribution is -2.50. The first-order chi connectivity index (χ1) is 38.5. The molecule has 0 radical (unpaired) electrons. The zero-order valence-electron chi connectivity index (χ0n) is 46.2. The molecule has 414 valence electrons. The highest BCUT2D eigenvalue weighted by Crippen LogP contribution is 2.48. The number of benzene rings is 5. The Labute approximate surface area is 465 Å². The number of aromatic nitrogens is 3. The number of urea groups is 2. The van der Waals surface area contributed by atoms with Crippen LogP contribution in [-0.2, 0) is 53.3 Å². The zero-order chi connectivity index (χ0) is 56.2. The molecule has 2 fully saturated rings. The van der Waals surface area contributed by atoms with Crippen molar-refractivity contribution in [1.82, 2.24) is 41.0 Å². The molecule has 0 saturated heterocycles. The largest absolute Gasteiger partial charge is 0.497 e. The van der Waals surface area contributed by atoms with Crippen LogP contribution in [0.4, 0.5) is 15.5 Å². The molecule has 6 amide bonds. The summed E-state index contributed by atoms with van der Waals surface area (Å²) >= 11 is 0. The van der Waals surface area contributed by atoms with Gasteiger partial charge in [0, 0.05) is 56.8 Å². The van der Waals surface area contributed by atoms with Gasteiger partial charge in [-0.15, -0.1) is 0 Å². The number of methoxy groups -OCH3 is 2. The minimum Gasteiger partial charge on any atom is -0.497 e. The number of carbonyl (C=O) groups is 5. The van der Waals surface area contributed by atoms with E-state index in [1.165, 1.54) is 18.2 Å². The van der Waals surface area contributed by atoms with Crippen LogP contribution in [0.5, 0.6) is 5.75 Å². The third kappa shape index (κ3) is 12.5. The second-order valence-corrected chi connectivity index (χ2v) is 22.0. The molecule has 2 aromatic heterocycles. The number of fused-ring (bicyclic) bond motifs is 2. The van der Waals surface area contributed by atoms with Crippen LogP contribution in [0, 0.1) is 25.7 Å². The summed E-state index contributed by atoms with van der Waals surface area (Å²) < 4.78 is 20.8. The SMILES string of the molecule is COC(=O)c1cccc(-c2ccc(CNC(=O)C3CC3c3nc(C)no3)c3c2CCN(C(=O)NC(C)(C)C)C3)c1.COc1cccc(-c2ccc(CNC(=O)C3CC3c3ccccc3)c3c2CCN(C(=O)Nc2cc(C)no2)C3)c1. The van der Waals surface area contributed by atoms with Crippen LogP contribution in [0.15, 0.2) is 118 Å². The van der Waals surface area contributed by atoms with Crippen LogP contribution >= 0.6 is 0 Å². The fraction of sp³-hybridized carbons (Fsp3) is 0.355. The maximum Gasteiger partial charge on any atom is 0.337 e. The first kappa shape index (κ1) is 54.6. The molecule has 18 nitrogen and oxygen atoms in total. The molecular weight excluding hydrogens is 1010 g/mol. The molecule has 2 aliphatic carbocycles. The van der Waals surface area contributed by atoms with Gasteiger partial charge in [0.1, 0.15) is 5.75 Å². The van der Waals surface area contributed by atoms with Crippen LogP contribution in [0.1, 0.15) is 112 Å². The number of amides is 6. The van der Waals surface area contributed by atoms with Gasteiger partial charge in [-0.2, -0.15) is 4.98 Å². The van der Waals surface area contributed by atoms with E-state index in [0.717, 1.165) is 62.2 Å². The first-order valence-electron chi connectivity index (χ1n) is 27.1. The highest BCUT2D eigenvalue weighted by Gasteiger charge is 2.48. The van der Waals surface area contributed by atoms with Crippen molar-refractivity contribution in [2.45, 2.75) is 104 Å². The van der Waals surface area contributed by atoms with E-state index in [1.807, 2.05) is 92.4 Å². The van der Waals surface area contributed by atoms with Gasteiger partial charge in [0.05, 0.1) is 37.3 Å². The molecular formula is C62H67N9O9. The summed E-state index contributed by atoms with van der Waals surface area (Å²) in [7, 11) is 3.03. The molecule has 2 saturated carbocycles. The number of esters is 1. The highest BCUT2D eigenvalue weighted by molar-refractivity contribution is 5.91. The van der Waals surface area contributed by atoms with E-state index in [4.69, 9.17) is 18.5 Å². The highest BCUT2D eigenvalue weighted by atomic mass is 16.5. The molecule has 11 rings (SSSR count). The molecule has 4 aliphatic rings. The van der Waals surface area contributed by atoms with Gasteiger partial charge < -0.3 is 44.3 Å². The predicted molar refractivity (Wildman–Crippen MR) is 299 cm³/mol. The van der Waals surface area contributed by atoms with E-state index in [-0.39, 0.29) is 53.1 Å². The smallest absolute Gasteiger partial charge is 0.337 e. The van der Waals surface area contributed by atoms with Crippen molar-refractivity contribution in [2.75, 3.05) is 32.6 Å². The van der Waals surface area contributed by atoms with Crippen LogP contribution < -0.4 is 26.0 Å². The number of hydrogen-bond donors (Lipinski definition) is 4. The van der Waals surface area contributed by atoms with Gasteiger partial charge in [0.15, 0.2) is 5.82 Å². The van der Waals surface area contributed by atoms with E-state index in [9.17, 15) is 24.0 Å².